The fourth-order valence-electron chi connectivity index (χ4n) is 2.22. The van der Waals surface area contributed by atoms with Crippen molar-refractivity contribution >= 4 is 33.5 Å². The van der Waals surface area contributed by atoms with E-state index in [1.807, 2.05) is 0 Å². The summed E-state index contributed by atoms with van der Waals surface area (Å²) in [6.45, 7) is 0.132. The minimum Gasteiger partial charge on any atom is -0.465 e. The van der Waals surface area contributed by atoms with E-state index in [-0.39, 0.29) is 50.7 Å². The molecule has 0 unspecified atom stereocenters. The predicted molar refractivity (Wildman–Crippen MR) is 96.3 cm³/mol. The molecule has 0 aromatic carbocycles. The maximum absolute atomic E-state index is 12.4. The Morgan fingerprint density at radius 3 is 1.58 bits per heavy atom. The third kappa shape index (κ3) is 5.27. The molecule has 0 amide bonds. The Bertz CT molecular complexity index is 778. The molecule has 1 aliphatic rings. The van der Waals surface area contributed by atoms with Crippen LogP contribution in [0, 0.1) is 0 Å². The summed E-state index contributed by atoms with van der Waals surface area (Å²) < 4.78 is 12.8. The van der Waals surface area contributed by atoms with E-state index in [0.29, 0.717) is 0 Å². The first-order valence-corrected chi connectivity index (χ1v) is 10.4. The minimum atomic E-state index is -0.730. The number of rotatable bonds is 0. The molecule has 10 nitrogen and oxygen atoms in total. The molecule has 0 spiro atoms. The van der Waals surface area contributed by atoms with Gasteiger partial charge in [-0.1, -0.05) is 21.6 Å². The molecule has 0 N–H and O–H groups in total. The van der Waals surface area contributed by atoms with E-state index in [0.717, 1.165) is 13.7 Å². The molecule has 1 aromatic rings. The van der Waals surface area contributed by atoms with Crippen molar-refractivity contribution in [2.45, 2.75) is 25.9 Å². The Labute approximate surface area is 155 Å². The van der Waals surface area contributed by atoms with Gasteiger partial charge < -0.3 is 9.47 Å². The van der Waals surface area contributed by atoms with Gasteiger partial charge in [-0.15, -0.1) is 0 Å². The molecule has 144 valence electrons. The van der Waals surface area contributed by atoms with Crippen LogP contribution in [-0.2, 0) is 39.2 Å². The number of hydrogen-bond acceptors (Lipinski definition) is 9. The minimum absolute atomic E-state index is 0.0238. The molecular formula is C14H19N3O7S2. The number of ether oxygens (including phenoxy) is 2. The summed E-state index contributed by atoms with van der Waals surface area (Å²) in [5.41, 5.74) is -2.18. The highest BCUT2D eigenvalue weighted by atomic mass is 33.1. The molecule has 2 bridgehead atoms. The van der Waals surface area contributed by atoms with Crippen LogP contribution in [0.4, 0.5) is 0 Å². The SMILES string of the molecule is Cn1c(=O)n2c(=O)n(c1=O)CCCOC(=O)CSSCC(=O)OCCC2. The quantitative estimate of drug-likeness (QED) is 0.394. The van der Waals surface area contributed by atoms with Gasteiger partial charge in [0, 0.05) is 20.1 Å². The van der Waals surface area contributed by atoms with Gasteiger partial charge >= 0.3 is 29.0 Å². The number of aromatic nitrogens is 3. The molecule has 0 saturated carbocycles. The molecular weight excluding hydrogens is 386 g/mol. The number of hydrogen-bond donors (Lipinski definition) is 0. The van der Waals surface area contributed by atoms with E-state index < -0.39 is 29.0 Å². The lowest BCUT2D eigenvalue weighted by atomic mass is 10.4. The van der Waals surface area contributed by atoms with Gasteiger partial charge in [-0.05, 0) is 12.8 Å². The third-order valence-corrected chi connectivity index (χ3v) is 5.59. The first-order chi connectivity index (χ1) is 12.4. The van der Waals surface area contributed by atoms with Crippen molar-refractivity contribution in [3.8, 4) is 0 Å². The van der Waals surface area contributed by atoms with Crippen LogP contribution in [0.3, 0.4) is 0 Å². The van der Waals surface area contributed by atoms with Gasteiger partial charge in [0.1, 0.15) is 11.5 Å². The van der Waals surface area contributed by atoms with E-state index in [4.69, 9.17) is 9.47 Å². The van der Waals surface area contributed by atoms with Crippen LogP contribution in [0.2, 0.25) is 0 Å². The van der Waals surface area contributed by atoms with E-state index >= 15 is 0 Å². The molecule has 0 aliphatic carbocycles. The molecule has 1 aromatic heterocycles. The zero-order valence-electron chi connectivity index (χ0n) is 14.2. The molecule has 12 heteroatoms. The number of cyclic esters (lactones) is 2. The van der Waals surface area contributed by atoms with Crippen molar-refractivity contribution in [2.75, 3.05) is 24.7 Å². The van der Waals surface area contributed by atoms with Crippen molar-refractivity contribution in [2.24, 2.45) is 7.05 Å². The predicted octanol–water partition coefficient (Wildman–Crippen LogP) is -1.03. The van der Waals surface area contributed by atoms with Gasteiger partial charge in [0.15, 0.2) is 0 Å². The second-order valence-corrected chi connectivity index (χ2v) is 7.85. The Balaban J connectivity index is 2.24. The normalized spacial score (nSPS) is 17.9. The molecule has 0 fully saturated rings. The maximum Gasteiger partial charge on any atom is 0.336 e. The maximum atomic E-state index is 12.4. The smallest absolute Gasteiger partial charge is 0.336 e. The first-order valence-electron chi connectivity index (χ1n) is 7.88. The van der Waals surface area contributed by atoms with Crippen LogP contribution in [0.25, 0.3) is 0 Å². The monoisotopic (exact) mass is 405 g/mol. The molecule has 0 saturated heterocycles. The van der Waals surface area contributed by atoms with E-state index in [9.17, 15) is 24.0 Å². The molecule has 2 rings (SSSR count). The largest absolute Gasteiger partial charge is 0.465 e. The Morgan fingerprint density at radius 2 is 1.15 bits per heavy atom. The van der Waals surface area contributed by atoms with Crippen LogP contribution in [0.1, 0.15) is 12.8 Å². The number of carbonyl (C=O) groups is 2. The van der Waals surface area contributed by atoms with Gasteiger partial charge in [-0.3, -0.25) is 9.59 Å². The van der Waals surface area contributed by atoms with Crippen LogP contribution < -0.4 is 17.1 Å². The van der Waals surface area contributed by atoms with Crippen molar-refractivity contribution in [1.29, 1.82) is 0 Å². The standard InChI is InChI=1S/C14H19N3O7S2/c1-15-12(20)16-4-2-6-23-10(18)8-25-26-9-11(19)24-7-3-5-17(13(15)21)14(16)22/h2-9H2,1H3. The summed E-state index contributed by atoms with van der Waals surface area (Å²) in [4.78, 5) is 59.9. The fourth-order valence-corrected chi connectivity index (χ4v) is 3.82. The summed E-state index contributed by atoms with van der Waals surface area (Å²) in [6.07, 6.45) is 0.525. The topological polar surface area (TPSA) is 119 Å². The Hall–Kier alpha value is -1.95. The second-order valence-electron chi connectivity index (χ2n) is 5.38. The number of fused-ring (bicyclic) bond motifs is 2. The lowest BCUT2D eigenvalue weighted by molar-refractivity contribution is -0.141. The molecule has 2 heterocycles. The summed E-state index contributed by atoms with van der Waals surface area (Å²) in [6, 6.07) is 0. The number of nitrogens with zero attached hydrogens (tertiary/aromatic N) is 3. The first kappa shape index (κ1) is 20.4. The molecule has 26 heavy (non-hydrogen) atoms. The molecule has 0 atom stereocenters. The lowest BCUT2D eigenvalue weighted by Gasteiger charge is -2.11. The van der Waals surface area contributed by atoms with E-state index in [1.54, 1.807) is 0 Å². The molecule has 0 radical (unpaired) electrons. The highest BCUT2D eigenvalue weighted by Gasteiger charge is 2.14. The number of esters is 2. The van der Waals surface area contributed by atoms with E-state index in [1.165, 1.54) is 28.6 Å². The van der Waals surface area contributed by atoms with Crippen molar-refractivity contribution < 1.29 is 19.1 Å². The zero-order chi connectivity index (χ0) is 19.1. The van der Waals surface area contributed by atoms with Gasteiger partial charge in [0.25, 0.3) is 0 Å². The lowest BCUT2D eigenvalue weighted by Crippen LogP contribution is -2.53. The average Bonchev–Trinajstić information content (AvgIpc) is 2.61. The summed E-state index contributed by atoms with van der Waals surface area (Å²) in [5, 5.41) is 0. The Morgan fingerprint density at radius 1 is 0.731 bits per heavy atom. The highest BCUT2D eigenvalue weighted by Crippen LogP contribution is 2.21. The highest BCUT2D eigenvalue weighted by molar-refractivity contribution is 8.77. The van der Waals surface area contributed by atoms with Crippen molar-refractivity contribution in [1.82, 2.24) is 13.7 Å². The van der Waals surface area contributed by atoms with Gasteiger partial charge in [0.2, 0.25) is 0 Å². The van der Waals surface area contributed by atoms with Crippen LogP contribution >= 0.6 is 21.6 Å². The summed E-state index contributed by atoms with van der Waals surface area (Å²) in [7, 11) is 3.66. The van der Waals surface area contributed by atoms with Crippen LogP contribution in [0.5, 0.6) is 0 Å². The fraction of sp³-hybridized carbons (Fsp3) is 0.643. The average molecular weight is 405 g/mol. The van der Waals surface area contributed by atoms with Crippen LogP contribution in [0.15, 0.2) is 14.4 Å². The van der Waals surface area contributed by atoms with Crippen molar-refractivity contribution in [3.63, 3.8) is 0 Å². The third-order valence-electron chi connectivity index (χ3n) is 3.51. The van der Waals surface area contributed by atoms with Crippen molar-refractivity contribution in [3.05, 3.63) is 31.5 Å². The molecule has 1 aliphatic heterocycles. The zero-order valence-corrected chi connectivity index (χ0v) is 15.8. The second kappa shape index (κ2) is 9.67. The Kier molecular flexibility index (Phi) is 7.57. The van der Waals surface area contributed by atoms with E-state index in [2.05, 4.69) is 0 Å². The summed E-state index contributed by atoms with van der Waals surface area (Å²) >= 11 is 0. The van der Waals surface area contributed by atoms with Gasteiger partial charge in [-0.25, -0.2) is 28.1 Å². The van der Waals surface area contributed by atoms with Crippen LogP contribution in [-0.4, -0.2) is 50.4 Å². The van der Waals surface area contributed by atoms with Gasteiger partial charge in [0.05, 0.1) is 13.2 Å². The number of carbonyl (C=O) groups excluding carboxylic acids is 2. The van der Waals surface area contributed by atoms with Gasteiger partial charge in [-0.2, -0.15) is 0 Å². The summed E-state index contributed by atoms with van der Waals surface area (Å²) in [5.74, 6) is -0.759.